The lowest BCUT2D eigenvalue weighted by molar-refractivity contribution is -0.143. The summed E-state index contributed by atoms with van der Waals surface area (Å²) in [6.07, 6.45) is 3.68. The zero-order valence-electron chi connectivity index (χ0n) is 20.4. The molecule has 2 atom stereocenters. The Bertz CT molecular complexity index is 869. The molecule has 3 rings (SSSR count). The Labute approximate surface area is 202 Å². The van der Waals surface area contributed by atoms with E-state index in [2.05, 4.69) is 43.4 Å². The number of hydrogen-bond donors (Lipinski definition) is 2. The summed E-state index contributed by atoms with van der Waals surface area (Å²) >= 11 is 1.63. The van der Waals surface area contributed by atoms with Crippen LogP contribution < -0.4 is 5.32 Å². The van der Waals surface area contributed by atoms with Crippen molar-refractivity contribution < 1.29 is 19.4 Å². The molecular weight excluding hydrogens is 434 g/mol. The minimum Gasteiger partial charge on any atom is -0.466 e. The maximum absolute atomic E-state index is 11.7. The summed E-state index contributed by atoms with van der Waals surface area (Å²) < 4.78 is 11.0. The monoisotopic (exact) mass is 473 g/mol. The maximum atomic E-state index is 11.7. The second-order valence-electron chi connectivity index (χ2n) is 9.75. The van der Waals surface area contributed by atoms with E-state index < -0.39 is 6.10 Å². The van der Waals surface area contributed by atoms with Crippen LogP contribution in [-0.4, -0.2) is 42.5 Å². The fraction of sp³-hybridized carbons (Fsp3) is 0.593. The number of rotatable bonds is 13. The Morgan fingerprint density at radius 1 is 1.24 bits per heavy atom. The molecule has 1 aliphatic carbocycles. The topological polar surface area (TPSA) is 67.8 Å². The Hall–Kier alpha value is -1.73. The van der Waals surface area contributed by atoms with Gasteiger partial charge < -0.3 is 19.9 Å². The molecular formula is C27H39NO4S. The van der Waals surface area contributed by atoms with Crippen molar-refractivity contribution in [2.75, 3.05) is 19.8 Å². The fourth-order valence-electron chi connectivity index (χ4n) is 4.75. The van der Waals surface area contributed by atoms with Gasteiger partial charge in [-0.05, 0) is 87.4 Å². The highest BCUT2D eigenvalue weighted by Gasteiger charge is 2.28. The number of aliphatic hydroxyl groups excluding tert-OH is 1. The lowest BCUT2D eigenvalue weighted by atomic mass is 9.88. The Morgan fingerprint density at radius 3 is 2.61 bits per heavy atom. The van der Waals surface area contributed by atoms with Gasteiger partial charge in [-0.3, -0.25) is 4.79 Å². The van der Waals surface area contributed by atoms with Crippen LogP contribution in [0.4, 0.5) is 0 Å². The van der Waals surface area contributed by atoms with Gasteiger partial charge in [-0.1, -0.05) is 24.3 Å². The molecule has 33 heavy (non-hydrogen) atoms. The van der Waals surface area contributed by atoms with E-state index in [1.54, 1.807) is 11.3 Å². The summed E-state index contributed by atoms with van der Waals surface area (Å²) in [6.45, 7) is 9.43. The highest BCUT2D eigenvalue weighted by molar-refractivity contribution is 7.10. The molecule has 0 fully saturated rings. The first-order valence-corrected chi connectivity index (χ1v) is 13.0. The SMILES string of the molecule is CCOC(=O)CCc1sccc1C(C)OC[C@H](O)CNC(C)(C)CC1Cc2ccccc2C1. The number of aryl methyl sites for hydroxylation is 1. The predicted octanol–water partition coefficient (Wildman–Crippen LogP) is 4.86. The zero-order chi connectivity index (χ0) is 23.8. The van der Waals surface area contributed by atoms with Crippen molar-refractivity contribution in [2.45, 2.75) is 77.5 Å². The molecule has 182 valence electrons. The number of nitrogens with one attached hydrogen (secondary N) is 1. The molecule has 0 spiro atoms. The molecule has 0 radical (unpaired) electrons. The second-order valence-corrected chi connectivity index (χ2v) is 10.7. The molecule has 1 unspecified atom stereocenters. The molecule has 0 amide bonds. The maximum Gasteiger partial charge on any atom is 0.306 e. The third-order valence-electron chi connectivity index (χ3n) is 6.37. The van der Waals surface area contributed by atoms with Crippen LogP contribution >= 0.6 is 11.3 Å². The molecule has 2 N–H and O–H groups in total. The summed E-state index contributed by atoms with van der Waals surface area (Å²) in [5.74, 6) is 0.473. The summed E-state index contributed by atoms with van der Waals surface area (Å²) in [4.78, 5) is 12.8. The van der Waals surface area contributed by atoms with Crippen molar-refractivity contribution in [3.63, 3.8) is 0 Å². The quantitative estimate of drug-likeness (QED) is 0.407. The third kappa shape index (κ3) is 7.92. The molecule has 0 bridgehead atoms. The van der Waals surface area contributed by atoms with Gasteiger partial charge in [-0.25, -0.2) is 0 Å². The average molecular weight is 474 g/mol. The molecule has 1 aromatic heterocycles. The van der Waals surface area contributed by atoms with Crippen LogP contribution in [0.5, 0.6) is 0 Å². The summed E-state index contributed by atoms with van der Waals surface area (Å²) in [5, 5.41) is 16.1. The average Bonchev–Trinajstić information content (AvgIpc) is 3.40. The highest BCUT2D eigenvalue weighted by atomic mass is 32.1. The smallest absolute Gasteiger partial charge is 0.306 e. The minimum atomic E-state index is -0.575. The molecule has 6 heteroatoms. The van der Waals surface area contributed by atoms with Gasteiger partial charge in [0.1, 0.15) is 0 Å². The molecule has 2 aromatic rings. The van der Waals surface area contributed by atoms with Crippen molar-refractivity contribution in [1.29, 1.82) is 0 Å². The number of aliphatic hydroxyl groups is 1. The normalized spacial score (nSPS) is 15.9. The molecule has 1 aromatic carbocycles. The van der Waals surface area contributed by atoms with E-state index in [9.17, 15) is 9.90 Å². The van der Waals surface area contributed by atoms with E-state index in [0.29, 0.717) is 31.9 Å². The van der Waals surface area contributed by atoms with E-state index in [1.165, 1.54) is 11.1 Å². The third-order valence-corrected chi connectivity index (χ3v) is 7.37. The molecule has 5 nitrogen and oxygen atoms in total. The Balaban J connectivity index is 1.39. The Kier molecular flexibility index (Phi) is 9.50. The van der Waals surface area contributed by atoms with Crippen molar-refractivity contribution in [1.82, 2.24) is 5.32 Å². The van der Waals surface area contributed by atoms with Crippen LogP contribution in [-0.2, 0) is 33.5 Å². The number of esters is 1. The molecule has 1 heterocycles. The van der Waals surface area contributed by atoms with Crippen LogP contribution in [0.1, 0.15) is 68.2 Å². The van der Waals surface area contributed by atoms with Gasteiger partial charge in [0.2, 0.25) is 0 Å². The number of ether oxygens (including phenoxy) is 2. The number of hydrogen-bond acceptors (Lipinski definition) is 6. The largest absolute Gasteiger partial charge is 0.466 e. The van der Waals surface area contributed by atoms with Gasteiger partial charge in [0.05, 0.1) is 31.8 Å². The lowest BCUT2D eigenvalue weighted by Gasteiger charge is -2.30. The lowest BCUT2D eigenvalue weighted by Crippen LogP contribution is -2.45. The van der Waals surface area contributed by atoms with Gasteiger partial charge in [0.15, 0.2) is 0 Å². The van der Waals surface area contributed by atoms with Gasteiger partial charge in [0, 0.05) is 17.0 Å². The Morgan fingerprint density at radius 2 is 1.94 bits per heavy atom. The zero-order valence-corrected chi connectivity index (χ0v) is 21.2. The number of carbonyl (C=O) groups excluding carboxylic acids is 1. The summed E-state index contributed by atoms with van der Waals surface area (Å²) in [7, 11) is 0. The highest BCUT2D eigenvalue weighted by Crippen LogP contribution is 2.32. The van der Waals surface area contributed by atoms with Gasteiger partial charge in [-0.15, -0.1) is 11.3 Å². The van der Waals surface area contributed by atoms with Crippen molar-refractivity contribution in [3.8, 4) is 0 Å². The van der Waals surface area contributed by atoms with E-state index >= 15 is 0 Å². The standard InChI is InChI=1S/C27H39NO4S/c1-5-31-26(30)11-10-25-24(12-13-33-25)19(2)32-18-23(29)17-28-27(3,4)16-20-14-21-8-6-7-9-22(21)15-20/h6-9,12-13,19-20,23,28-29H,5,10-11,14-18H2,1-4H3/t19?,23-/m1/s1. The first kappa shape index (κ1) is 25.9. The van der Waals surface area contributed by atoms with Gasteiger partial charge >= 0.3 is 5.97 Å². The molecule has 0 saturated heterocycles. The van der Waals surface area contributed by atoms with Crippen molar-refractivity contribution in [2.24, 2.45) is 5.92 Å². The number of thiophene rings is 1. The van der Waals surface area contributed by atoms with Crippen LogP contribution in [0.25, 0.3) is 0 Å². The number of β-amino-alcohol motifs (C(OH)–C–C–N with tert-alkyl or cyclic N) is 1. The summed E-state index contributed by atoms with van der Waals surface area (Å²) in [5.41, 5.74) is 4.00. The summed E-state index contributed by atoms with van der Waals surface area (Å²) in [6, 6.07) is 10.8. The van der Waals surface area contributed by atoms with Crippen LogP contribution in [0, 0.1) is 5.92 Å². The van der Waals surface area contributed by atoms with E-state index in [4.69, 9.17) is 9.47 Å². The number of fused-ring (bicyclic) bond motifs is 1. The molecule has 1 aliphatic rings. The number of benzene rings is 1. The van der Waals surface area contributed by atoms with E-state index in [0.717, 1.165) is 29.7 Å². The first-order valence-electron chi connectivity index (χ1n) is 12.1. The second kappa shape index (κ2) is 12.1. The molecule has 0 aliphatic heterocycles. The van der Waals surface area contributed by atoms with Crippen molar-refractivity contribution in [3.05, 3.63) is 57.3 Å². The first-order chi connectivity index (χ1) is 15.8. The van der Waals surface area contributed by atoms with E-state index in [-0.39, 0.29) is 24.2 Å². The molecule has 0 saturated carbocycles. The van der Waals surface area contributed by atoms with Crippen molar-refractivity contribution >= 4 is 17.3 Å². The van der Waals surface area contributed by atoms with E-state index in [1.807, 2.05) is 25.3 Å². The van der Waals surface area contributed by atoms with Crippen LogP contribution in [0.3, 0.4) is 0 Å². The minimum absolute atomic E-state index is 0.0487. The van der Waals surface area contributed by atoms with Gasteiger partial charge in [0.25, 0.3) is 0 Å². The van der Waals surface area contributed by atoms with Gasteiger partial charge in [-0.2, -0.15) is 0 Å². The fourth-order valence-corrected chi connectivity index (χ4v) is 5.72. The predicted molar refractivity (Wildman–Crippen MR) is 134 cm³/mol. The van der Waals surface area contributed by atoms with Crippen LogP contribution in [0.2, 0.25) is 0 Å². The number of carbonyl (C=O) groups is 1. The van der Waals surface area contributed by atoms with Crippen LogP contribution in [0.15, 0.2) is 35.7 Å².